The van der Waals surface area contributed by atoms with E-state index in [-0.39, 0.29) is 5.60 Å². The molecule has 21 heavy (non-hydrogen) atoms. The molecular weight excluding hydrogens is 266 g/mol. The maximum atomic E-state index is 5.57. The molecule has 0 heterocycles. The molecule has 0 radical (unpaired) electrons. The molecule has 1 aromatic rings. The van der Waals surface area contributed by atoms with Gasteiger partial charge in [-0.1, -0.05) is 11.8 Å². The Hall–Kier alpha value is -1.54. The minimum absolute atomic E-state index is 0.117. The molecule has 1 aromatic carbocycles. The summed E-state index contributed by atoms with van der Waals surface area (Å²) in [6.45, 7) is 8.68. The van der Waals surface area contributed by atoms with E-state index in [0.717, 1.165) is 11.3 Å². The van der Waals surface area contributed by atoms with Crippen molar-refractivity contribution in [1.82, 2.24) is 0 Å². The van der Waals surface area contributed by atoms with Crippen LogP contribution in [0.4, 0.5) is 0 Å². The quantitative estimate of drug-likeness (QED) is 0.618. The molecule has 0 aliphatic heterocycles. The molecule has 0 aliphatic carbocycles. The van der Waals surface area contributed by atoms with Crippen molar-refractivity contribution >= 4 is 0 Å². The number of ether oxygens (including phenoxy) is 3. The van der Waals surface area contributed by atoms with Gasteiger partial charge in [0.25, 0.3) is 0 Å². The zero-order chi connectivity index (χ0) is 15.6. The Balaban J connectivity index is 2.13. The predicted molar refractivity (Wildman–Crippen MR) is 84.4 cm³/mol. The summed E-state index contributed by atoms with van der Waals surface area (Å²) in [7, 11) is 0. The number of rotatable bonds is 7. The highest BCUT2D eigenvalue weighted by Gasteiger charge is 2.08. The largest absolute Gasteiger partial charge is 0.491 e. The first kappa shape index (κ1) is 17.5. The van der Waals surface area contributed by atoms with Gasteiger partial charge in [0.2, 0.25) is 0 Å². The van der Waals surface area contributed by atoms with Gasteiger partial charge in [0.05, 0.1) is 32.0 Å². The van der Waals surface area contributed by atoms with Crippen LogP contribution in [0.3, 0.4) is 0 Å². The first-order valence-corrected chi connectivity index (χ1v) is 7.15. The van der Waals surface area contributed by atoms with Crippen LogP contribution in [0.15, 0.2) is 24.3 Å². The van der Waals surface area contributed by atoms with Crippen LogP contribution in [0.25, 0.3) is 0 Å². The molecule has 4 nitrogen and oxygen atoms in total. The average Bonchev–Trinajstić information content (AvgIpc) is 2.44. The summed E-state index contributed by atoms with van der Waals surface area (Å²) < 4.78 is 16.6. The summed E-state index contributed by atoms with van der Waals surface area (Å²) in [5.74, 6) is 6.58. The SMILES string of the molecule is CC(C)(C)OCCOCCOc1ccc(C#CCN)cc1. The van der Waals surface area contributed by atoms with Crippen LogP contribution in [0.1, 0.15) is 26.3 Å². The summed E-state index contributed by atoms with van der Waals surface area (Å²) in [5, 5.41) is 0. The molecule has 4 heteroatoms. The smallest absolute Gasteiger partial charge is 0.119 e. The Morgan fingerprint density at radius 1 is 1.00 bits per heavy atom. The van der Waals surface area contributed by atoms with Gasteiger partial charge in [-0.3, -0.25) is 0 Å². The van der Waals surface area contributed by atoms with Gasteiger partial charge in [-0.15, -0.1) is 0 Å². The summed E-state index contributed by atoms with van der Waals surface area (Å²) in [6.07, 6.45) is 0. The first-order chi connectivity index (χ1) is 10.0. The maximum Gasteiger partial charge on any atom is 0.119 e. The molecule has 0 aliphatic rings. The third kappa shape index (κ3) is 9.09. The second-order valence-electron chi connectivity index (χ2n) is 5.45. The summed E-state index contributed by atoms with van der Waals surface area (Å²) >= 11 is 0. The van der Waals surface area contributed by atoms with Gasteiger partial charge in [-0.05, 0) is 45.0 Å². The highest BCUT2D eigenvalue weighted by atomic mass is 16.5. The second kappa shape index (κ2) is 9.41. The van der Waals surface area contributed by atoms with Crippen molar-refractivity contribution in [2.45, 2.75) is 26.4 Å². The van der Waals surface area contributed by atoms with Crippen molar-refractivity contribution in [1.29, 1.82) is 0 Å². The van der Waals surface area contributed by atoms with E-state index >= 15 is 0 Å². The van der Waals surface area contributed by atoms with Crippen LogP contribution in [0, 0.1) is 11.8 Å². The lowest BCUT2D eigenvalue weighted by atomic mass is 10.2. The fraction of sp³-hybridized carbons (Fsp3) is 0.529. The van der Waals surface area contributed by atoms with Crippen LogP contribution in [-0.4, -0.2) is 38.6 Å². The summed E-state index contributed by atoms with van der Waals surface area (Å²) in [4.78, 5) is 0. The Bertz CT molecular complexity index is 452. The van der Waals surface area contributed by atoms with Crippen molar-refractivity contribution < 1.29 is 14.2 Å². The van der Waals surface area contributed by atoms with E-state index in [2.05, 4.69) is 11.8 Å². The lowest BCUT2D eigenvalue weighted by molar-refractivity contribution is -0.0375. The van der Waals surface area contributed by atoms with Gasteiger partial charge in [-0.25, -0.2) is 0 Å². The van der Waals surface area contributed by atoms with Gasteiger partial charge in [-0.2, -0.15) is 0 Å². The van der Waals surface area contributed by atoms with Crippen molar-refractivity contribution in [2.75, 3.05) is 33.0 Å². The summed E-state index contributed by atoms with van der Waals surface area (Å²) in [6, 6.07) is 7.61. The van der Waals surface area contributed by atoms with Crippen LogP contribution in [0.2, 0.25) is 0 Å². The molecule has 0 atom stereocenters. The Kier molecular flexibility index (Phi) is 7.84. The van der Waals surface area contributed by atoms with Crippen molar-refractivity contribution in [3.8, 4) is 17.6 Å². The zero-order valence-electron chi connectivity index (χ0n) is 13.1. The standard InChI is InChI=1S/C17H25NO3/c1-17(2,3)21-14-12-19-11-13-20-16-8-6-15(7-9-16)5-4-10-18/h6-9H,10-14,18H2,1-3H3. The van der Waals surface area contributed by atoms with E-state index in [0.29, 0.717) is 33.0 Å². The van der Waals surface area contributed by atoms with E-state index in [1.54, 1.807) is 0 Å². The van der Waals surface area contributed by atoms with Crippen LogP contribution >= 0.6 is 0 Å². The van der Waals surface area contributed by atoms with Gasteiger partial charge >= 0.3 is 0 Å². The van der Waals surface area contributed by atoms with Crippen molar-refractivity contribution in [3.63, 3.8) is 0 Å². The Morgan fingerprint density at radius 3 is 2.29 bits per heavy atom. The molecule has 0 fully saturated rings. The summed E-state index contributed by atoms with van der Waals surface area (Å²) in [5.41, 5.74) is 6.14. The highest BCUT2D eigenvalue weighted by Crippen LogP contribution is 2.11. The molecule has 0 saturated carbocycles. The maximum absolute atomic E-state index is 5.57. The molecule has 0 saturated heterocycles. The number of benzene rings is 1. The molecule has 0 amide bonds. The minimum Gasteiger partial charge on any atom is -0.491 e. The van der Waals surface area contributed by atoms with E-state index in [1.165, 1.54) is 0 Å². The fourth-order valence-corrected chi connectivity index (χ4v) is 1.51. The van der Waals surface area contributed by atoms with Gasteiger partial charge in [0, 0.05) is 5.56 Å². The number of hydrogen-bond donors (Lipinski definition) is 1. The van der Waals surface area contributed by atoms with Crippen molar-refractivity contribution in [3.05, 3.63) is 29.8 Å². The Morgan fingerprint density at radius 2 is 1.67 bits per heavy atom. The molecule has 2 N–H and O–H groups in total. The second-order valence-corrected chi connectivity index (χ2v) is 5.45. The predicted octanol–water partition coefficient (Wildman–Crippen LogP) is 2.21. The molecule has 0 bridgehead atoms. The van der Waals surface area contributed by atoms with E-state index in [4.69, 9.17) is 19.9 Å². The number of hydrogen-bond acceptors (Lipinski definition) is 4. The van der Waals surface area contributed by atoms with Gasteiger partial charge in [0.15, 0.2) is 0 Å². The van der Waals surface area contributed by atoms with Gasteiger partial charge < -0.3 is 19.9 Å². The van der Waals surface area contributed by atoms with Crippen LogP contribution < -0.4 is 10.5 Å². The van der Waals surface area contributed by atoms with Crippen LogP contribution in [0.5, 0.6) is 5.75 Å². The lowest BCUT2D eigenvalue weighted by Crippen LogP contribution is -2.22. The Labute approximate surface area is 127 Å². The molecule has 116 valence electrons. The average molecular weight is 291 g/mol. The topological polar surface area (TPSA) is 53.7 Å². The van der Waals surface area contributed by atoms with Crippen molar-refractivity contribution in [2.24, 2.45) is 5.73 Å². The lowest BCUT2D eigenvalue weighted by Gasteiger charge is -2.19. The number of nitrogens with two attached hydrogens (primary N) is 1. The first-order valence-electron chi connectivity index (χ1n) is 7.15. The third-order valence-corrected chi connectivity index (χ3v) is 2.45. The molecule has 0 spiro atoms. The van der Waals surface area contributed by atoms with E-state index < -0.39 is 0 Å². The molecular formula is C17H25NO3. The monoisotopic (exact) mass is 291 g/mol. The molecule has 1 rings (SSSR count). The highest BCUT2D eigenvalue weighted by molar-refractivity contribution is 5.38. The molecule has 0 aromatic heterocycles. The third-order valence-electron chi connectivity index (χ3n) is 2.45. The minimum atomic E-state index is -0.117. The van der Waals surface area contributed by atoms with E-state index in [9.17, 15) is 0 Å². The fourth-order valence-electron chi connectivity index (χ4n) is 1.51. The van der Waals surface area contributed by atoms with Crippen LogP contribution in [-0.2, 0) is 9.47 Å². The van der Waals surface area contributed by atoms with Gasteiger partial charge in [0.1, 0.15) is 12.4 Å². The zero-order valence-corrected chi connectivity index (χ0v) is 13.1. The normalized spacial score (nSPS) is 10.9. The molecule has 0 unspecified atom stereocenters. The van der Waals surface area contributed by atoms with E-state index in [1.807, 2.05) is 45.0 Å².